The normalized spacial score (nSPS) is 27.0. The van der Waals surface area contributed by atoms with Crippen LogP contribution in [0, 0.1) is 5.92 Å². The number of aromatic nitrogens is 4. The zero-order valence-corrected chi connectivity index (χ0v) is 13.2. The largest absolute Gasteiger partial charge is 0.454 e. The number of nitrogen functional groups attached to an aromatic ring is 1. The van der Waals surface area contributed by atoms with Crippen molar-refractivity contribution < 1.29 is 24.5 Å². The first kappa shape index (κ1) is 16.6. The lowest BCUT2D eigenvalue weighted by Crippen LogP contribution is -2.37. The molecule has 130 valence electrons. The summed E-state index contributed by atoms with van der Waals surface area (Å²) in [5.74, 6) is -0.653. The summed E-state index contributed by atoms with van der Waals surface area (Å²) in [7, 11) is 0. The molecule has 1 fully saturated rings. The van der Waals surface area contributed by atoms with Crippen LogP contribution in [-0.4, -0.2) is 60.6 Å². The van der Waals surface area contributed by atoms with Crippen LogP contribution in [-0.2, 0) is 14.3 Å². The molecular weight excluding hydrogens is 318 g/mol. The highest BCUT2D eigenvalue weighted by Gasteiger charge is 2.47. The third-order valence-electron chi connectivity index (χ3n) is 3.88. The Morgan fingerprint density at radius 3 is 2.88 bits per heavy atom. The van der Waals surface area contributed by atoms with E-state index in [9.17, 15) is 15.0 Å². The first-order valence-electron chi connectivity index (χ1n) is 7.52. The molecule has 0 spiro atoms. The van der Waals surface area contributed by atoms with E-state index in [1.54, 1.807) is 13.8 Å². The van der Waals surface area contributed by atoms with E-state index in [4.69, 9.17) is 15.2 Å². The predicted octanol–water partition coefficient (Wildman–Crippen LogP) is -0.773. The molecule has 1 aliphatic heterocycles. The topological polar surface area (TPSA) is 146 Å². The van der Waals surface area contributed by atoms with E-state index < -0.39 is 37.1 Å². The van der Waals surface area contributed by atoms with Gasteiger partial charge in [-0.05, 0) is 0 Å². The predicted molar refractivity (Wildman–Crippen MR) is 81.5 cm³/mol. The molecule has 1 aliphatic rings. The molecule has 3 heterocycles. The Bertz CT molecular complexity index is 748. The average molecular weight is 337 g/mol. The fourth-order valence-electron chi connectivity index (χ4n) is 2.55. The number of aliphatic hydroxyl groups excluding tert-OH is 2. The highest BCUT2D eigenvalue weighted by molar-refractivity contribution is 5.81. The summed E-state index contributed by atoms with van der Waals surface area (Å²) in [6, 6.07) is 0. The zero-order chi connectivity index (χ0) is 17.4. The lowest BCUT2D eigenvalue weighted by molar-refractivity contribution is -0.162. The van der Waals surface area contributed by atoms with Crippen LogP contribution in [0.15, 0.2) is 12.7 Å². The summed E-state index contributed by atoms with van der Waals surface area (Å²) in [6.45, 7) is 2.95. The quantitative estimate of drug-likeness (QED) is 0.612. The van der Waals surface area contributed by atoms with Crippen molar-refractivity contribution in [1.29, 1.82) is 0 Å². The van der Waals surface area contributed by atoms with Gasteiger partial charge in [-0.15, -0.1) is 0 Å². The number of hydrogen-bond acceptors (Lipinski definition) is 9. The van der Waals surface area contributed by atoms with Crippen molar-refractivity contribution >= 4 is 23.0 Å². The first-order valence-corrected chi connectivity index (χ1v) is 7.52. The highest BCUT2D eigenvalue weighted by Crippen LogP contribution is 2.34. The Kier molecular flexibility index (Phi) is 4.35. The van der Waals surface area contributed by atoms with E-state index in [1.165, 1.54) is 17.2 Å². The van der Waals surface area contributed by atoms with Crippen LogP contribution in [0.25, 0.3) is 11.2 Å². The number of esters is 1. The van der Waals surface area contributed by atoms with Gasteiger partial charge >= 0.3 is 5.97 Å². The zero-order valence-electron chi connectivity index (χ0n) is 13.2. The summed E-state index contributed by atoms with van der Waals surface area (Å²) in [5, 5.41) is 19.7. The number of rotatable bonds is 4. The molecule has 0 aromatic carbocycles. The molecule has 2 aromatic heterocycles. The second-order valence-electron chi connectivity index (χ2n) is 5.88. The number of hydrogen-bond donors (Lipinski definition) is 3. The van der Waals surface area contributed by atoms with Crippen LogP contribution < -0.4 is 5.73 Å². The molecule has 10 nitrogen and oxygen atoms in total. The number of nitrogens with two attached hydrogens (primary N) is 1. The van der Waals surface area contributed by atoms with Crippen molar-refractivity contribution in [3.8, 4) is 0 Å². The van der Waals surface area contributed by atoms with Gasteiger partial charge in [0.05, 0.1) is 18.9 Å². The molecule has 4 N–H and O–H groups in total. The van der Waals surface area contributed by atoms with E-state index in [1.807, 2.05) is 0 Å². The van der Waals surface area contributed by atoms with Crippen LogP contribution >= 0.6 is 0 Å². The molecule has 0 saturated carbocycles. The van der Waals surface area contributed by atoms with Crippen molar-refractivity contribution in [2.45, 2.75) is 38.4 Å². The molecule has 0 aliphatic carbocycles. The van der Waals surface area contributed by atoms with Gasteiger partial charge in [0.2, 0.25) is 0 Å². The van der Waals surface area contributed by atoms with Crippen LogP contribution in [0.2, 0.25) is 0 Å². The fraction of sp³-hybridized carbons (Fsp3) is 0.571. The molecule has 4 atom stereocenters. The summed E-state index contributed by atoms with van der Waals surface area (Å²) in [4.78, 5) is 24.1. The van der Waals surface area contributed by atoms with Gasteiger partial charge in [0.15, 0.2) is 23.8 Å². The Hall–Kier alpha value is -2.30. The average Bonchev–Trinajstić information content (AvgIpc) is 3.10. The smallest absolute Gasteiger partial charge is 0.308 e. The van der Waals surface area contributed by atoms with E-state index >= 15 is 0 Å². The fourth-order valence-corrected chi connectivity index (χ4v) is 2.55. The first-order chi connectivity index (χ1) is 11.4. The second kappa shape index (κ2) is 6.30. The summed E-state index contributed by atoms with van der Waals surface area (Å²) in [5.41, 5.74) is 6.51. The van der Waals surface area contributed by atoms with E-state index in [-0.39, 0.29) is 11.7 Å². The minimum Gasteiger partial charge on any atom is -0.454 e. The van der Waals surface area contributed by atoms with Crippen molar-refractivity contribution in [3.63, 3.8) is 0 Å². The Balaban J connectivity index is 1.99. The molecule has 0 bridgehead atoms. The Labute approximate surface area is 137 Å². The molecule has 0 amide bonds. The molecule has 2 aromatic rings. The van der Waals surface area contributed by atoms with Crippen LogP contribution in [0.4, 0.5) is 5.82 Å². The van der Waals surface area contributed by atoms with Gasteiger partial charge in [0, 0.05) is 0 Å². The number of carbonyl (C=O) groups excluding carboxylic acids is 1. The van der Waals surface area contributed by atoms with Gasteiger partial charge in [-0.3, -0.25) is 9.36 Å². The van der Waals surface area contributed by atoms with Gasteiger partial charge in [0.1, 0.15) is 24.1 Å². The van der Waals surface area contributed by atoms with Crippen LogP contribution in [0.3, 0.4) is 0 Å². The third kappa shape index (κ3) is 2.68. The SMILES string of the molecule is CC(C)C(=O)O[C@H]1[C@H](O)[C@@H](CO)O[C@H]1n1cnc2c(N)ncnc21. The maximum absolute atomic E-state index is 12.0. The van der Waals surface area contributed by atoms with Crippen molar-refractivity contribution in [1.82, 2.24) is 19.5 Å². The van der Waals surface area contributed by atoms with E-state index in [0.29, 0.717) is 11.2 Å². The Morgan fingerprint density at radius 1 is 1.46 bits per heavy atom. The molecule has 24 heavy (non-hydrogen) atoms. The lowest BCUT2D eigenvalue weighted by Gasteiger charge is -2.22. The van der Waals surface area contributed by atoms with Crippen molar-refractivity contribution in [2.75, 3.05) is 12.3 Å². The van der Waals surface area contributed by atoms with Gasteiger partial charge in [-0.2, -0.15) is 0 Å². The number of fused-ring (bicyclic) bond motifs is 1. The monoisotopic (exact) mass is 337 g/mol. The molecule has 0 unspecified atom stereocenters. The third-order valence-corrected chi connectivity index (χ3v) is 3.88. The second-order valence-corrected chi connectivity index (χ2v) is 5.88. The molecular formula is C14H19N5O5. The number of aliphatic hydroxyl groups is 2. The van der Waals surface area contributed by atoms with Crippen LogP contribution in [0.5, 0.6) is 0 Å². The van der Waals surface area contributed by atoms with Gasteiger partial charge in [-0.25, -0.2) is 15.0 Å². The summed E-state index contributed by atoms with van der Waals surface area (Å²) in [6.07, 6.45) is -1.27. The number of nitrogens with zero attached hydrogens (tertiary/aromatic N) is 4. The summed E-state index contributed by atoms with van der Waals surface area (Å²) < 4.78 is 12.5. The van der Waals surface area contributed by atoms with Gasteiger partial charge in [-0.1, -0.05) is 13.8 Å². The Morgan fingerprint density at radius 2 is 2.21 bits per heavy atom. The van der Waals surface area contributed by atoms with Gasteiger partial charge in [0.25, 0.3) is 0 Å². The van der Waals surface area contributed by atoms with Crippen molar-refractivity contribution in [2.24, 2.45) is 5.92 Å². The minimum absolute atomic E-state index is 0.201. The van der Waals surface area contributed by atoms with Crippen molar-refractivity contribution in [3.05, 3.63) is 12.7 Å². The number of carbonyl (C=O) groups is 1. The molecule has 0 radical (unpaired) electrons. The maximum atomic E-state index is 12.0. The standard InChI is InChI=1S/C14H19N5O5/c1-6(2)14(22)24-10-9(21)7(3-20)23-13(10)19-5-18-8-11(15)16-4-17-12(8)19/h4-7,9-10,13,20-21H,3H2,1-2H3,(H2,15,16,17)/t7-,9-,10+,13-/m1/s1. The number of ether oxygens (including phenoxy) is 2. The number of anilines is 1. The van der Waals surface area contributed by atoms with E-state index in [0.717, 1.165) is 0 Å². The molecule has 10 heteroatoms. The number of imidazole rings is 1. The minimum atomic E-state index is -1.18. The van der Waals surface area contributed by atoms with Crippen LogP contribution in [0.1, 0.15) is 20.1 Å². The van der Waals surface area contributed by atoms with E-state index in [2.05, 4.69) is 15.0 Å². The molecule has 1 saturated heterocycles. The van der Waals surface area contributed by atoms with Gasteiger partial charge < -0.3 is 25.4 Å². The molecule has 3 rings (SSSR count). The maximum Gasteiger partial charge on any atom is 0.308 e. The highest BCUT2D eigenvalue weighted by atomic mass is 16.6. The lowest BCUT2D eigenvalue weighted by atomic mass is 10.1. The summed E-state index contributed by atoms with van der Waals surface area (Å²) >= 11 is 0.